The number of rotatable bonds is 4. The van der Waals surface area contributed by atoms with Gasteiger partial charge in [-0.3, -0.25) is 9.67 Å². The molecule has 0 amide bonds. The van der Waals surface area contributed by atoms with Crippen LogP contribution in [-0.2, 0) is 13.0 Å². The van der Waals surface area contributed by atoms with Crippen LogP contribution in [-0.4, -0.2) is 20.0 Å². The van der Waals surface area contributed by atoms with Crippen LogP contribution in [0.25, 0.3) is 11.3 Å². The first kappa shape index (κ1) is 15.0. The van der Waals surface area contributed by atoms with E-state index in [0.717, 1.165) is 22.4 Å². The largest absolute Gasteiger partial charge is 0.264 e. The summed E-state index contributed by atoms with van der Waals surface area (Å²) in [6, 6.07) is 7.48. The van der Waals surface area contributed by atoms with E-state index in [1.54, 1.807) is 17.1 Å². The summed E-state index contributed by atoms with van der Waals surface area (Å²) >= 11 is 12.4. The molecule has 0 fully saturated rings. The minimum atomic E-state index is 0.662. The summed E-state index contributed by atoms with van der Waals surface area (Å²) in [7, 11) is 0. The van der Waals surface area contributed by atoms with E-state index in [9.17, 15) is 0 Å². The minimum absolute atomic E-state index is 0.662. The van der Waals surface area contributed by atoms with Gasteiger partial charge in [-0.05, 0) is 42.7 Å². The third-order valence-electron chi connectivity index (χ3n) is 3.51. The lowest BCUT2D eigenvalue weighted by Crippen LogP contribution is -2.03. The van der Waals surface area contributed by atoms with Crippen molar-refractivity contribution in [3.05, 3.63) is 64.0 Å². The first-order valence-corrected chi connectivity index (χ1v) is 7.65. The zero-order chi connectivity index (χ0) is 15.5. The molecule has 0 saturated heterocycles. The van der Waals surface area contributed by atoms with E-state index in [0.29, 0.717) is 23.0 Å². The van der Waals surface area contributed by atoms with Crippen molar-refractivity contribution in [2.45, 2.75) is 19.9 Å². The molecule has 0 aliphatic heterocycles. The Kier molecular flexibility index (Phi) is 4.41. The molecule has 112 valence electrons. The highest BCUT2D eigenvalue weighted by atomic mass is 35.5. The molecule has 3 rings (SSSR count). The monoisotopic (exact) mass is 332 g/mol. The maximum atomic E-state index is 6.18. The van der Waals surface area contributed by atoms with Crippen molar-refractivity contribution in [1.82, 2.24) is 20.0 Å². The molecule has 0 aliphatic rings. The van der Waals surface area contributed by atoms with Gasteiger partial charge in [0.15, 0.2) is 0 Å². The van der Waals surface area contributed by atoms with Crippen molar-refractivity contribution in [1.29, 1.82) is 0 Å². The highest BCUT2D eigenvalue weighted by Gasteiger charge is 2.09. The van der Waals surface area contributed by atoms with Crippen molar-refractivity contribution in [3.8, 4) is 11.3 Å². The highest BCUT2D eigenvalue weighted by Crippen LogP contribution is 2.25. The standard InChI is InChI=1S/C16H14Cl2N4/c1-11-5-7-19-9-13(11)16-10-22(21-20-16)8-6-12-14(17)3-2-4-15(12)18/h2-5,7,9-10H,6,8H2,1H3. The minimum Gasteiger partial charge on any atom is -0.264 e. The van der Waals surface area contributed by atoms with E-state index in [2.05, 4.69) is 15.3 Å². The molecule has 4 nitrogen and oxygen atoms in total. The number of aryl methyl sites for hydroxylation is 2. The number of benzene rings is 1. The van der Waals surface area contributed by atoms with E-state index < -0.39 is 0 Å². The van der Waals surface area contributed by atoms with Crippen LogP contribution in [0.1, 0.15) is 11.1 Å². The molecule has 1 aromatic carbocycles. The smallest absolute Gasteiger partial charge is 0.114 e. The van der Waals surface area contributed by atoms with Crippen molar-refractivity contribution >= 4 is 23.2 Å². The Bertz CT molecular complexity index is 778. The zero-order valence-corrected chi connectivity index (χ0v) is 13.5. The van der Waals surface area contributed by atoms with Crippen LogP contribution < -0.4 is 0 Å². The van der Waals surface area contributed by atoms with Gasteiger partial charge < -0.3 is 0 Å². The van der Waals surface area contributed by atoms with Gasteiger partial charge in [0.05, 0.1) is 6.20 Å². The lowest BCUT2D eigenvalue weighted by Gasteiger charge is -2.06. The van der Waals surface area contributed by atoms with Gasteiger partial charge in [0.1, 0.15) is 5.69 Å². The van der Waals surface area contributed by atoms with E-state index in [-0.39, 0.29) is 0 Å². The molecule has 0 saturated carbocycles. The topological polar surface area (TPSA) is 43.6 Å². The number of nitrogens with zero attached hydrogens (tertiary/aromatic N) is 4. The summed E-state index contributed by atoms with van der Waals surface area (Å²) in [4.78, 5) is 4.14. The molecule has 3 aromatic rings. The number of hydrogen-bond acceptors (Lipinski definition) is 3. The number of hydrogen-bond donors (Lipinski definition) is 0. The second-order valence-corrected chi connectivity index (χ2v) is 5.82. The van der Waals surface area contributed by atoms with Crippen LogP contribution in [0.5, 0.6) is 0 Å². The molecule has 2 aromatic heterocycles. The normalized spacial score (nSPS) is 10.9. The molecular formula is C16H14Cl2N4. The predicted molar refractivity (Wildman–Crippen MR) is 88.2 cm³/mol. The summed E-state index contributed by atoms with van der Waals surface area (Å²) in [6.45, 7) is 2.69. The van der Waals surface area contributed by atoms with Crippen LogP contribution in [0.3, 0.4) is 0 Å². The van der Waals surface area contributed by atoms with Gasteiger partial charge in [0.2, 0.25) is 0 Å². The molecule has 6 heteroatoms. The molecule has 2 heterocycles. The van der Waals surface area contributed by atoms with E-state index >= 15 is 0 Å². The van der Waals surface area contributed by atoms with Crippen molar-refractivity contribution in [3.63, 3.8) is 0 Å². The Labute approximate surface area is 138 Å². The second-order valence-electron chi connectivity index (χ2n) is 5.01. The molecule has 0 radical (unpaired) electrons. The highest BCUT2D eigenvalue weighted by molar-refractivity contribution is 6.35. The van der Waals surface area contributed by atoms with Gasteiger partial charge >= 0.3 is 0 Å². The van der Waals surface area contributed by atoms with Crippen LogP contribution in [0.4, 0.5) is 0 Å². The molecule has 0 bridgehead atoms. The maximum absolute atomic E-state index is 6.18. The van der Waals surface area contributed by atoms with Gasteiger partial charge in [-0.2, -0.15) is 0 Å². The summed E-state index contributed by atoms with van der Waals surface area (Å²) in [6.07, 6.45) is 6.18. The Hall–Kier alpha value is -1.91. The molecule has 0 N–H and O–H groups in total. The van der Waals surface area contributed by atoms with Crippen LogP contribution >= 0.6 is 23.2 Å². The van der Waals surface area contributed by atoms with Gasteiger partial charge in [0, 0.05) is 34.5 Å². The summed E-state index contributed by atoms with van der Waals surface area (Å²) in [5.41, 5.74) is 3.86. The van der Waals surface area contributed by atoms with Gasteiger partial charge in [-0.25, -0.2) is 0 Å². The molecule has 0 spiro atoms. The fourth-order valence-electron chi connectivity index (χ4n) is 2.26. The van der Waals surface area contributed by atoms with E-state index in [1.807, 2.05) is 37.4 Å². The first-order valence-electron chi connectivity index (χ1n) is 6.89. The first-order chi connectivity index (χ1) is 10.6. The molecular weight excluding hydrogens is 319 g/mol. The quantitative estimate of drug-likeness (QED) is 0.719. The van der Waals surface area contributed by atoms with Gasteiger partial charge in [-0.1, -0.05) is 34.5 Å². The number of pyridine rings is 1. The fraction of sp³-hybridized carbons (Fsp3) is 0.188. The van der Waals surface area contributed by atoms with Crippen molar-refractivity contribution in [2.75, 3.05) is 0 Å². The molecule has 22 heavy (non-hydrogen) atoms. The number of halogens is 2. The lowest BCUT2D eigenvalue weighted by atomic mass is 10.1. The summed E-state index contributed by atoms with van der Waals surface area (Å²) in [5, 5.41) is 9.73. The Morgan fingerprint density at radius 2 is 1.91 bits per heavy atom. The lowest BCUT2D eigenvalue weighted by molar-refractivity contribution is 0.589. The Morgan fingerprint density at radius 3 is 2.64 bits per heavy atom. The Morgan fingerprint density at radius 1 is 1.14 bits per heavy atom. The van der Waals surface area contributed by atoms with E-state index in [4.69, 9.17) is 23.2 Å². The van der Waals surface area contributed by atoms with Crippen molar-refractivity contribution in [2.24, 2.45) is 0 Å². The van der Waals surface area contributed by atoms with E-state index in [1.165, 1.54) is 0 Å². The predicted octanol–water partition coefficient (Wildman–Crippen LogP) is 4.20. The van der Waals surface area contributed by atoms with Crippen molar-refractivity contribution < 1.29 is 0 Å². The van der Waals surface area contributed by atoms with Gasteiger partial charge in [0.25, 0.3) is 0 Å². The zero-order valence-electron chi connectivity index (χ0n) is 12.0. The second kappa shape index (κ2) is 6.46. The van der Waals surface area contributed by atoms with Gasteiger partial charge in [-0.15, -0.1) is 5.10 Å². The number of aromatic nitrogens is 4. The molecule has 0 unspecified atom stereocenters. The summed E-state index contributed by atoms with van der Waals surface area (Å²) < 4.78 is 1.79. The fourth-order valence-corrected chi connectivity index (χ4v) is 2.85. The Balaban J connectivity index is 1.77. The molecule has 0 atom stereocenters. The summed E-state index contributed by atoms with van der Waals surface area (Å²) in [5.74, 6) is 0. The maximum Gasteiger partial charge on any atom is 0.114 e. The van der Waals surface area contributed by atoms with Crippen LogP contribution in [0.15, 0.2) is 42.9 Å². The molecule has 0 aliphatic carbocycles. The average Bonchev–Trinajstić information content (AvgIpc) is 2.96. The van der Waals surface area contributed by atoms with Crippen LogP contribution in [0, 0.1) is 6.92 Å². The third kappa shape index (κ3) is 3.13. The average molecular weight is 333 g/mol. The SMILES string of the molecule is Cc1ccncc1-c1cn(CCc2c(Cl)cccc2Cl)nn1. The van der Waals surface area contributed by atoms with Crippen LogP contribution in [0.2, 0.25) is 10.0 Å². The third-order valence-corrected chi connectivity index (χ3v) is 4.21.